The van der Waals surface area contributed by atoms with E-state index in [0.717, 1.165) is 31.9 Å². The molecule has 0 amide bonds. The molecule has 0 bridgehead atoms. The largest absolute Gasteiger partial charge is 0.492 e. The van der Waals surface area contributed by atoms with Crippen molar-refractivity contribution < 1.29 is 17.5 Å². The summed E-state index contributed by atoms with van der Waals surface area (Å²) in [6.07, 6.45) is 0. The number of benzene rings is 2. The first-order chi connectivity index (χ1) is 13.5. The first-order valence-corrected chi connectivity index (χ1v) is 10.9. The number of nitrogens with one attached hydrogen (secondary N) is 1. The summed E-state index contributed by atoms with van der Waals surface area (Å²) in [6.45, 7) is 6.50. The molecule has 0 atom stereocenters. The van der Waals surface area contributed by atoms with E-state index in [4.69, 9.17) is 4.74 Å². The van der Waals surface area contributed by atoms with Gasteiger partial charge in [-0.2, -0.15) is 0 Å². The Kier molecular flexibility index (Phi) is 6.88. The van der Waals surface area contributed by atoms with Crippen molar-refractivity contribution in [3.8, 4) is 5.75 Å². The Morgan fingerprint density at radius 3 is 2.39 bits per heavy atom. The summed E-state index contributed by atoms with van der Waals surface area (Å²) in [5, 5.41) is 0. The molecule has 1 aliphatic heterocycles. The number of hydrogen-bond donors (Lipinski definition) is 1. The molecule has 8 heteroatoms. The van der Waals surface area contributed by atoms with Gasteiger partial charge in [-0.05, 0) is 43.3 Å². The van der Waals surface area contributed by atoms with Crippen LogP contribution in [0.4, 0.5) is 10.1 Å². The van der Waals surface area contributed by atoms with E-state index in [2.05, 4.69) is 14.5 Å². The highest BCUT2D eigenvalue weighted by Gasteiger charge is 2.21. The zero-order valence-corrected chi connectivity index (χ0v) is 16.8. The fourth-order valence-electron chi connectivity index (χ4n) is 3.24. The molecule has 1 fully saturated rings. The maximum atomic E-state index is 13.1. The highest BCUT2D eigenvalue weighted by Crippen LogP contribution is 2.23. The van der Waals surface area contributed by atoms with Gasteiger partial charge in [0, 0.05) is 45.0 Å². The van der Waals surface area contributed by atoms with E-state index >= 15 is 0 Å². The lowest BCUT2D eigenvalue weighted by Gasteiger charge is -2.36. The summed E-state index contributed by atoms with van der Waals surface area (Å²) in [5.74, 6) is 0.131. The summed E-state index contributed by atoms with van der Waals surface area (Å²) in [6, 6.07) is 13.2. The molecule has 0 unspecified atom stereocenters. The van der Waals surface area contributed by atoms with Crippen molar-refractivity contribution in [2.45, 2.75) is 11.8 Å². The molecule has 1 saturated heterocycles. The molecular weight excluding hydrogens is 381 g/mol. The standard InChI is InChI=1S/C20H26FN3O3S/c1-2-27-19-5-3-4-6-20(19)28(25,26)22-11-12-23-13-15-24(16-14-23)18-9-7-17(21)8-10-18/h3-10,22H,2,11-16H2,1H3. The van der Waals surface area contributed by atoms with Crippen molar-refractivity contribution in [3.63, 3.8) is 0 Å². The van der Waals surface area contributed by atoms with Crippen LogP contribution >= 0.6 is 0 Å². The van der Waals surface area contributed by atoms with Gasteiger partial charge in [0.05, 0.1) is 6.61 Å². The van der Waals surface area contributed by atoms with Gasteiger partial charge in [-0.3, -0.25) is 4.90 Å². The maximum Gasteiger partial charge on any atom is 0.244 e. The predicted octanol–water partition coefficient (Wildman–Crippen LogP) is 2.32. The van der Waals surface area contributed by atoms with Crippen molar-refractivity contribution in [1.82, 2.24) is 9.62 Å². The van der Waals surface area contributed by atoms with Crippen LogP contribution in [0.15, 0.2) is 53.4 Å². The average molecular weight is 408 g/mol. The summed E-state index contributed by atoms with van der Waals surface area (Å²) in [5.41, 5.74) is 1.01. The summed E-state index contributed by atoms with van der Waals surface area (Å²) in [4.78, 5) is 4.59. The number of hydrogen-bond acceptors (Lipinski definition) is 5. The molecular formula is C20H26FN3O3S. The minimum absolute atomic E-state index is 0.165. The fraction of sp³-hybridized carbons (Fsp3) is 0.400. The topological polar surface area (TPSA) is 61.9 Å². The zero-order valence-electron chi connectivity index (χ0n) is 16.0. The quantitative estimate of drug-likeness (QED) is 0.728. The van der Waals surface area contributed by atoms with Gasteiger partial charge < -0.3 is 9.64 Å². The molecule has 0 saturated carbocycles. The lowest BCUT2D eigenvalue weighted by molar-refractivity contribution is 0.262. The first-order valence-electron chi connectivity index (χ1n) is 9.44. The Balaban J connectivity index is 1.49. The van der Waals surface area contributed by atoms with Gasteiger partial charge in [-0.1, -0.05) is 12.1 Å². The van der Waals surface area contributed by atoms with Crippen LogP contribution in [0.3, 0.4) is 0 Å². The Bertz CT molecular complexity index is 867. The zero-order chi connectivity index (χ0) is 20.0. The normalized spacial score (nSPS) is 15.6. The molecule has 0 aromatic heterocycles. The molecule has 28 heavy (non-hydrogen) atoms. The minimum Gasteiger partial charge on any atom is -0.492 e. The molecule has 0 radical (unpaired) electrons. The van der Waals surface area contributed by atoms with Crippen molar-refractivity contribution >= 4 is 15.7 Å². The third kappa shape index (κ3) is 5.21. The van der Waals surface area contributed by atoms with E-state index in [1.165, 1.54) is 12.1 Å². The monoisotopic (exact) mass is 407 g/mol. The molecule has 152 valence electrons. The van der Waals surface area contributed by atoms with Crippen LogP contribution in [0.5, 0.6) is 5.75 Å². The number of anilines is 1. The highest BCUT2D eigenvalue weighted by molar-refractivity contribution is 7.89. The molecule has 3 rings (SSSR count). The van der Waals surface area contributed by atoms with Crippen molar-refractivity contribution in [2.75, 3.05) is 50.8 Å². The minimum atomic E-state index is -3.62. The number of piperazine rings is 1. The van der Waals surface area contributed by atoms with Gasteiger partial charge in [-0.25, -0.2) is 17.5 Å². The van der Waals surface area contributed by atoms with Gasteiger partial charge >= 0.3 is 0 Å². The van der Waals surface area contributed by atoms with Crippen LogP contribution in [0.1, 0.15) is 6.92 Å². The second-order valence-corrected chi connectivity index (χ2v) is 8.32. The van der Waals surface area contributed by atoms with Gasteiger partial charge in [-0.15, -0.1) is 0 Å². The smallest absolute Gasteiger partial charge is 0.244 e. The summed E-state index contributed by atoms with van der Waals surface area (Å²) < 4.78 is 46.3. The lowest BCUT2D eigenvalue weighted by atomic mass is 10.2. The molecule has 1 heterocycles. The van der Waals surface area contributed by atoms with Crippen molar-refractivity contribution in [1.29, 1.82) is 0 Å². The van der Waals surface area contributed by atoms with Crippen LogP contribution in [-0.4, -0.2) is 59.2 Å². The van der Waals surface area contributed by atoms with E-state index in [-0.39, 0.29) is 10.7 Å². The number of ether oxygens (including phenoxy) is 1. The Hall–Kier alpha value is -2.16. The molecule has 1 aliphatic rings. The number of rotatable bonds is 8. The number of nitrogens with zero attached hydrogens (tertiary/aromatic N) is 2. The third-order valence-electron chi connectivity index (χ3n) is 4.72. The van der Waals surface area contributed by atoms with E-state index in [9.17, 15) is 12.8 Å². The van der Waals surface area contributed by atoms with E-state index < -0.39 is 10.0 Å². The Morgan fingerprint density at radius 1 is 1.04 bits per heavy atom. The summed E-state index contributed by atoms with van der Waals surface area (Å²) in [7, 11) is -3.62. The molecule has 1 N–H and O–H groups in total. The van der Waals surface area contributed by atoms with Gasteiger partial charge in [0.15, 0.2) is 0 Å². The predicted molar refractivity (Wildman–Crippen MR) is 108 cm³/mol. The average Bonchev–Trinajstić information content (AvgIpc) is 2.70. The van der Waals surface area contributed by atoms with Gasteiger partial charge in [0.1, 0.15) is 16.5 Å². The van der Waals surface area contributed by atoms with E-state index in [1.54, 1.807) is 36.4 Å². The van der Waals surface area contributed by atoms with Crippen LogP contribution in [0, 0.1) is 5.82 Å². The second kappa shape index (κ2) is 9.36. The van der Waals surface area contributed by atoms with Gasteiger partial charge in [0.2, 0.25) is 10.0 Å². The van der Waals surface area contributed by atoms with Crippen molar-refractivity contribution in [2.24, 2.45) is 0 Å². The molecule has 2 aromatic rings. The van der Waals surface area contributed by atoms with Crippen LogP contribution < -0.4 is 14.4 Å². The Labute approximate surface area is 166 Å². The second-order valence-electron chi connectivity index (χ2n) is 6.58. The number of halogens is 1. The molecule has 0 spiro atoms. The number of sulfonamides is 1. The molecule has 0 aliphatic carbocycles. The number of para-hydroxylation sites is 1. The Morgan fingerprint density at radius 2 is 1.71 bits per heavy atom. The molecule has 2 aromatic carbocycles. The van der Waals surface area contributed by atoms with E-state index in [1.807, 2.05) is 6.92 Å². The first kappa shape index (κ1) is 20.6. The van der Waals surface area contributed by atoms with Crippen LogP contribution in [0.2, 0.25) is 0 Å². The summed E-state index contributed by atoms with van der Waals surface area (Å²) >= 11 is 0. The van der Waals surface area contributed by atoms with Crippen LogP contribution in [0.25, 0.3) is 0 Å². The van der Waals surface area contributed by atoms with Crippen LogP contribution in [-0.2, 0) is 10.0 Å². The maximum absolute atomic E-state index is 13.1. The highest BCUT2D eigenvalue weighted by atomic mass is 32.2. The lowest BCUT2D eigenvalue weighted by Crippen LogP contribution is -2.48. The molecule has 6 nitrogen and oxygen atoms in total. The van der Waals surface area contributed by atoms with Crippen molar-refractivity contribution in [3.05, 3.63) is 54.3 Å². The van der Waals surface area contributed by atoms with E-state index in [0.29, 0.717) is 25.4 Å². The third-order valence-corrected chi connectivity index (χ3v) is 6.22. The fourth-order valence-corrected chi connectivity index (χ4v) is 4.41. The van der Waals surface area contributed by atoms with Gasteiger partial charge in [0.25, 0.3) is 0 Å². The SMILES string of the molecule is CCOc1ccccc1S(=O)(=O)NCCN1CCN(c2ccc(F)cc2)CC1.